The van der Waals surface area contributed by atoms with Gasteiger partial charge in [-0.2, -0.15) is 0 Å². The maximum absolute atomic E-state index is 11.3. The predicted octanol–water partition coefficient (Wildman–Crippen LogP) is 3.05. The van der Waals surface area contributed by atoms with Gasteiger partial charge in [0.15, 0.2) is 0 Å². The van der Waals surface area contributed by atoms with Gasteiger partial charge in [-0.15, -0.1) is 6.42 Å². The average molecular weight is 250 g/mol. The smallest absolute Gasteiger partial charge is 0.309 e. The third kappa shape index (κ3) is 3.23. The lowest BCUT2D eigenvalue weighted by Gasteiger charge is -2.05. The second kappa shape index (κ2) is 5.88. The Labute approximate surface area is 113 Å². The van der Waals surface area contributed by atoms with E-state index >= 15 is 0 Å². The fourth-order valence-electron chi connectivity index (χ4n) is 1.86. The lowest BCUT2D eigenvalue weighted by molar-refractivity contribution is -0.139. The van der Waals surface area contributed by atoms with Crippen molar-refractivity contribution in [3.63, 3.8) is 0 Å². The molecule has 2 rings (SSSR count). The first kappa shape index (κ1) is 12.9. The summed E-state index contributed by atoms with van der Waals surface area (Å²) in [6.07, 6.45) is 5.62. The van der Waals surface area contributed by atoms with Crippen molar-refractivity contribution in [3.05, 3.63) is 59.7 Å². The van der Waals surface area contributed by atoms with Crippen molar-refractivity contribution in [2.24, 2.45) is 0 Å². The van der Waals surface area contributed by atoms with E-state index in [0.717, 1.165) is 22.3 Å². The van der Waals surface area contributed by atoms with Crippen LogP contribution in [-0.2, 0) is 16.0 Å². The van der Waals surface area contributed by atoms with Gasteiger partial charge >= 0.3 is 5.97 Å². The highest BCUT2D eigenvalue weighted by Gasteiger charge is 2.04. The van der Waals surface area contributed by atoms with E-state index < -0.39 is 0 Å². The molecule has 0 saturated carbocycles. The summed E-state index contributed by atoms with van der Waals surface area (Å²) in [6.45, 7) is 0. The molecule has 19 heavy (non-hydrogen) atoms. The number of carbonyl (C=O) groups is 1. The molecule has 0 radical (unpaired) electrons. The Balaban J connectivity index is 2.27. The second-order valence-electron chi connectivity index (χ2n) is 4.17. The van der Waals surface area contributed by atoms with Crippen LogP contribution in [0.1, 0.15) is 11.1 Å². The van der Waals surface area contributed by atoms with Gasteiger partial charge in [0.2, 0.25) is 0 Å². The molecule has 0 fully saturated rings. The van der Waals surface area contributed by atoms with Crippen molar-refractivity contribution < 1.29 is 9.53 Å². The molecule has 0 bridgehead atoms. The normalized spacial score (nSPS) is 9.68. The van der Waals surface area contributed by atoms with Crippen LogP contribution in [0.5, 0.6) is 0 Å². The minimum atomic E-state index is -0.236. The number of ether oxygens (including phenoxy) is 1. The maximum Gasteiger partial charge on any atom is 0.309 e. The van der Waals surface area contributed by atoms with Gasteiger partial charge in [-0.05, 0) is 28.8 Å². The number of carbonyl (C=O) groups excluding carboxylic acids is 1. The van der Waals surface area contributed by atoms with Crippen LogP contribution < -0.4 is 0 Å². The molecule has 2 aromatic carbocycles. The molecule has 0 spiro atoms. The van der Waals surface area contributed by atoms with Crippen molar-refractivity contribution in [1.29, 1.82) is 0 Å². The first-order valence-electron chi connectivity index (χ1n) is 5.96. The van der Waals surface area contributed by atoms with E-state index in [0.29, 0.717) is 0 Å². The Morgan fingerprint density at radius 2 is 1.89 bits per heavy atom. The second-order valence-corrected chi connectivity index (χ2v) is 4.17. The number of benzene rings is 2. The molecule has 94 valence electrons. The third-order valence-electron chi connectivity index (χ3n) is 2.89. The lowest BCUT2D eigenvalue weighted by atomic mass is 10.0. The Morgan fingerprint density at radius 1 is 1.16 bits per heavy atom. The molecular formula is C17H14O2. The molecule has 0 aliphatic heterocycles. The van der Waals surface area contributed by atoms with Crippen molar-refractivity contribution in [2.45, 2.75) is 6.42 Å². The quantitative estimate of drug-likeness (QED) is 0.618. The van der Waals surface area contributed by atoms with E-state index in [1.54, 1.807) is 0 Å². The molecule has 0 atom stereocenters. The first-order valence-corrected chi connectivity index (χ1v) is 5.96. The first-order chi connectivity index (χ1) is 9.22. The lowest BCUT2D eigenvalue weighted by Crippen LogP contribution is -2.04. The van der Waals surface area contributed by atoms with Crippen LogP contribution in [0.4, 0.5) is 0 Å². The summed E-state index contributed by atoms with van der Waals surface area (Å²) in [6, 6.07) is 15.6. The van der Waals surface area contributed by atoms with Crippen LogP contribution >= 0.6 is 0 Å². The van der Waals surface area contributed by atoms with Gasteiger partial charge in [0, 0.05) is 5.56 Å². The zero-order valence-corrected chi connectivity index (χ0v) is 10.7. The topological polar surface area (TPSA) is 26.3 Å². The molecule has 0 heterocycles. The molecule has 0 aromatic heterocycles. The van der Waals surface area contributed by atoms with Crippen molar-refractivity contribution in [1.82, 2.24) is 0 Å². The summed E-state index contributed by atoms with van der Waals surface area (Å²) in [5.74, 6) is 2.35. The van der Waals surface area contributed by atoms with E-state index in [4.69, 9.17) is 6.42 Å². The van der Waals surface area contributed by atoms with Gasteiger partial charge in [0.1, 0.15) is 0 Å². The fraction of sp³-hybridized carbons (Fsp3) is 0.118. The minimum Gasteiger partial charge on any atom is -0.469 e. The van der Waals surface area contributed by atoms with Crippen LogP contribution in [-0.4, -0.2) is 13.1 Å². The summed E-state index contributed by atoms with van der Waals surface area (Å²) in [5, 5.41) is 0. The summed E-state index contributed by atoms with van der Waals surface area (Å²) in [5.41, 5.74) is 3.93. The maximum atomic E-state index is 11.3. The fourth-order valence-corrected chi connectivity index (χ4v) is 1.86. The third-order valence-corrected chi connectivity index (χ3v) is 2.89. The summed E-state index contributed by atoms with van der Waals surface area (Å²) in [7, 11) is 1.39. The summed E-state index contributed by atoms with van der Waals surface area (Å²) >= 11 is 0. The zero-order chi connectivity index (χ0) is 13.7. The van der Waals surface area contributed by atoms with Crippen molar-refractivity contribution in [2.75, 3.05) is 7.11 Å². The van der Waals surface area contributed by atoms with E-state index in [1.165, 1.54) is 7.11 Å². The summed E-state index contributed by atoms with van der Waals surface area (Å²) < 4.78 is 4.67. The zero-order valence-electron chi connectivity index (χ0n) is 10.7. The van der Waals surface area contributed by atoms with E-state index in [2.05, 4.69) is 10.7 Å². The molecule has 0 N–H and O–H groups in total. The number of methoxy groups -OCH3 is 1. The number of rotatable bonds is 3. The SMILES string of the molecule is C#Cc1ccc(-c2cccc(CC(=O)OC)c2)cc1. The van der Waals surface area contributed by atoms with Crippen LogP contribution in [0.15, 0.2) is 48.5 Å². The van der Waals surface area contributed by atoms with Gasteiger partial charge in [0.25, 0.3) is 0 Å². The molecule has 0 aliphatic rings. The van der Waals surface area contributed by atoms with Gasteiger partial charge in [-0.25, -0.2) is 0 Å². The van der Waals surface area contributed by atoms with Crippen molar-refractivity contribution >= 4 is 5.97 Å². The monoisotopic (exact) mass is 250 g/mol. The summed E-state index contributed by atoms with van der Waals surface area (Å²) in [4.78, 5) is 11.3. The number of esters is 1. The van der Waals surface area contributed by atoms with Crippen LogP contribution in [0.3, 0.4) is 0 Å². The predicted molar refractivity (Wildman–Crippen MR) is 75.5 cm³/mol. The molecular weight excluding hydrogens is 236 g/mol. The van der Waals surface area contributed by atoms with Gasteiger partial charge < -0.3 is 4.74 Å². The van der Waals surface area contributed by atoms with Gasteiger partial charge in [0.05, 0.1) is 13.5 Å². The molecule has 0 saturated heterocycles. The number of hydrogen-bond acceptors (Lipinski definition) is 2. The van der Waals surface area contributed by atoms with E-state index in [1.807, 2.05) is 48.5 Å². The van der Waals surface area contributed by atoms with Gasteiger partial charge in [-0.1, -0.05) is 42.3 Å². The van der Waals surface area contributed by atoms with Crippen LogP contribution in [0, 0.1) is 12.3 Å². The Hall–Kier alpha value is -2.53. The van der Waals surface area contributed by atoms with E-state index in [9.17, 15) is 4.79 Å². The number of terminal acetylenes is 1. The minimum absolute atomic E-state index is 0.236. The Kier molecular flexibility index (Phi) is 4.00. The molecule has 0 aliphatic carbocycles. The van der Waals surface area contributed by atoms with Crippen LogP contribution in [0.25, 0.3) is 11.1 Å². The molecule has 0 unspecified atom stereocenters. The molecule has 2 heteroatoms. The highest BCUT2D eigenvalue weighted by molar-refractivity contribution is 5.74. The average Bonchev–Trinajstić information content (AvgIpc) is 2.47. The number of hydrogen-bond donors (Lipinski definition) is 0. The Morgan fingerprint density at radius 3 is 2.53 bits per heavy atom. The van der Waals surface area contributed by atoms with Crippen LogP contribution in [0.2, 0.25) is 0 Å². The molecule has 2 nitrogen and oxygen atoms in total. The standard InChI is InChI=1S/C17H14O2/c1-3-13-7-9-15(10-8-13)16-6-4-5-14(11-16)12-17(18)19-2/h1,4-11H,12H2,2H3. The highest BCUT2D eigenvalue weighted by Crippen LogP contribution is 2.21. The molecule has 0 amide bonds. The Bertz CT molecular complexity index is 618. The van der Waals surface area contributed by atoms with E-state index in [-0.39, 0.29) is 12.4 Å². The van der Waals surface area contributed by atoms with Gasteiger partial charge in [-0.3, -0.25) is 4.79 Å². The van der Waals surface area contributed by atoms with Crippen molar-refractivity contribution in [3.8, 4) is 23.5 Å². The largest absolute Gasteiger partial charge is 0.469 e. The highest BCUT2D eigenvalue weighted by atomic mass is 16.5. The molecule has 2 aromatic rings.